The Morgan fingerprint density at radius 2 is 2.25 bits per heavy atom. The summed E-state index contributed by atoms with van der Waals surface area (Å²) in [4.78, 5) is 11.5. The van der Waals surface area contributed by atoms with Crippen LogP contribution in [0.15, 0.2) is 9.95 Å². The molecule has 4 nitrogen and oxygen atoms in total. The van der Waals surface area contributed by atoms with Gasteiger partial charge < -0.3 is 0 Å². The van der Waals surface area contributed by atoms with E-state index >= 15 is 0 Å². The van der Waals surface area contributed by atoms with Gasteiger partial charge in [0.05, 0.1) is 0 Å². The first-order valence-corrected chi connectivity index (χ1v) is 5.16. The topological polar surface area (TPSA) is 39.8 Å². The van der Waals surface area contributed by atoms with Crippen LogP contribution < -0.4 is 5.69 Å². The van der Waals surface area contributed by atoms with Gasteiger partial charge in [-0.25, -0.2) is 9.48 Å². The minimum Gasteiger partial charge on any atom is -0.267 e. The van der Waals surface area contributed by atoms with Crippen molar-refractivity contribution in [2.75, 3.05) is 6.26 Å². The lowest BCUT2D eigenvalue weighted by Crippen LogP contribution is -2.22. The second-order valence-corrected chi connectivity index (χ2v) is 3.77. The first-order valence-electron chi connectivity index (χ1n) is 3.93. The van der Waals surface area contributed by atoms with Crippen LogP contribution in [0.25, 0.3) is 0 Å². The Kier molecular flexibility index (Phi) is 1.75. The highest BCUT2D eigenvalue weighted by Gasteiger charge is 2.28. The van der Waals surface area contributed by atoms with Crippen LogP contribution in [0.1, 0.15) is 18.9 Å². The fourth-order valence-corrected chi connectivity index (χ4v) is 1.87. The van der Waals surface area contributed by atoms with Gasteiger partial charge in [0.1, 0.15) is 0 Å². The second-order valence-electron chi connectivity index (χ2n) is 2.99. The van der Waals surface area contributed by atoms with Crippen molar-refractivity contribution in [1.82, 2.24) is 14.3 Å². The average Bonchev–Trinajstić information content (AvgIpc) is 2.82. The van der Waals surface area contributed by atoms with Crippen LogP contribution in [-0.2, 0) is 7.05 Å². The highest BCUT2D eigenvalue weighted by atomic mass is 32.2. The number of aryl methyl sites for hydroxylation is 1. The average molecular weight is 185 g/mol. The van der Waals surface area contributed by atoms with Crippen LogP contribution in [0.5, 0.6) is 0 Å². The summed E-state index contributed by atoms with van der Waals surface area (Å²) in [6, 6.07) is 0.425. The fourth-order valence-electron chi connectivity index (χ4n) is 1.24. The predicted octanol–water partition coefficient (Wildman–Crippen LogP) is 0.639. The SMILES string of the molecule is CSc1nn(C)c(=O)n1C1CC1. The lowest BCUT2D eigenvalue weighted by atomic mass is 10.7. The summed E-state index contributed by atoms with van der Waals surface area (Å²) >= 11 is 1.53. The third-order valence-corrected chi connectivity index (χ3v) is 2.66. The van der Waals surface area contributed by atoms with Gasteiger partial charge in [-0.15, -0.1) is 5.10 Å². The van der Waals surface area contributed by atoms with Gasteiger partial charge in [-0.3, -0.25) is 4.57 Å². The third-order valence-electron chi connectivity index (χ3n) is 2.02. The van der Waals surface area contributed by atoms with E-state index in [1.165, 1.54) is 16.4 Å². The minimum atomic E-state index is 0.0156. The Labute approximate surface area is 74.6 Å². The number of aromatic nitrogens is 3. The van der Waals surface area contributed by atoms with E-state index in [1.807, 2.05) is 6.26 Å². The number of hydrogen-bond donors (Lipinski definition) is 0. The Bertz CT molecular complexity index is 350. The number of rotatable bonds is 2. The van der Waals surface area contributed by atoms with E-state index in [-0.39, 0.29) is 5.69 Å². The highest BCUT2D eigenvalue weighted by Crippen LogP contribution is 2.35. The number of nitrogens with zero attached hydrogens (tertiary/aromatic N) is 3. The van der Waals surface area contributed by atoms with Gasteiger partial charge in [-0.2, -0.15) is 0 Å². The molecule has 0 aromatic carbocycles. The zero-order chi connectivity index (χ0) is 8.72. The van der Waals surface area contributed by atoms with Crippen LogP contribution in [0.2, 0.25) is 0 Å². The van der Waals surface area contributed by atoms with Crippen LogP contribution in [0.4, 0.5) is 0 Å². The van der Waals surface area contributed by atoms with Crippen molar-refractivity contribution in [3.63, 3.8) is 0 Å². The molecule has 0 amide bonds. The van der Waals surface area contributed by atoms with Gasteiger partial charge in [0.15, 0.2) is 5.16 Å². The molecule has 0 aliphatic heterocycles. The van der Waals surface area contributed by atoms with Gasteiger partial charge in [0, 0.05) is 13.1 Å². The fraction of sp³-hybridized carbons (Fsp3) is 0.714. The van der Waals surface area contributed by atoms with E-state index in [9.17, 15) is 4.79 Å². The maximum Gasteiger partial charge on any atom is 0.346 e. The first-order chi connectivity index (χ1) is 5.74. The molecule has 1 aliphatic carbocycles. The molecule has 12 heavy (non-hydrogen) atoms. The molecule has 66 valence electrons. The maximum atomic E-state index is 11.5. The lowest BCUT2D eigenvalue weighted by molar-refractivity contribution is 0.638. The summed E-state index contributed by atoms with van der Waals surface area (Å²) in [6.07, 6.45) is 4.19. The van der Waals surface area contributed by atoms with E-state index in [2.05, 4.69) is 5.10 Å². The van der Waals surface area contributed by atoms with Crippen LogP contribution in [0.3, 0.4) is 0 Å². The molecule has 1 aromatic rings. The molecular formula is C7H11N3OS. The van der Waals surface area contributed by atoms with E-state index in [0.717, 1.165) is 18.0 Å². The maximum absolute atomic E-state index is 11.5. The summed E-state index contributed by atoms with van der Waals surface area (Å²) in [5, 5.41) is 4.96. The lowest BCUT2D eigenvalue weighted by Gasteiger charge is -1.97. The summed E-state index contributed by atoms with van der Waals surface area (Å²) in [7, 11) is 1.70. The minimum absolute atomic E-state index is 0.0156. The molecule has 1 heterocycles. The van der Waals surface area contributed by atoms with Crippen molar-refractivity contribution in [2.24, 2.45) is 7.05 Å². The Morgan fingerprint density at radius 1 is 1.58 bits per heavy atom. The molecule has 0 saturated heterocycles. The van der Waals surface area contributed by atoms with Crippen molar-refractivity contribution in [2.45, 2.75) is 24.0 Å². The molecule has 2 rings (SSSR count). The van der Waals surface area contributed by atoms with Crippen LogP contribution in [-0.4, -0.2) is 20.6 Å². The van der Waals surface area contributed by atoms with Gasteiger partial charge in [-0.1, -0.05) is 11.8 Å². The molecular weight excluding hydrogens is 174 g/mol. The first kappa shape index (κ1) is 7.91. The molecule has 0 radical (unpaired) electrons. The predicted molar refractivity (Wildman–Crippen MR) is 47.5 cm³/mol. The molecule has 0 unspecified atom stereocenters. The van der Waals surface area contributed by atoms with E-state index in [0.29, 0.717) is 6.04 Å². The quantitative estimate of drug-likeness (QED) is 0.635. The smallest absolute Gasteiger partial charge is 0.267 e. The monoisotopic (exact) mass is 185 g/mol. The van der Waals surface area contributed by atoms with E-state index in [4.69, 9.17) is 0 Å². The van der Waals surface area contributed by atoms with Crippen LogP contribution in [0, 0.1) is 0 Å². The van der Waals surface area contributed by atoms with E-state index in [1.54, 1.807) is 11.6 Å². The second kappa shape index (κ2) is 2.65. The Balaban J connectivity index is 2.53. The summed E-state index contributed by atoms with van der Waals surface area (Å²) < 4.78 is 3.20. The van der Waals surface area contributed by atoms with Crippen molar-refractivity contribution < 1.29 is 0 Å². The third kappa shape index (κ3) is 1.08. The molecule has 0 bridgehead atoms. The molecule has 0 spiro atoms. The van der Waals surface area contributed by atoms with Gasteiger partial charge in [0.2, 0.25) is 0 Å². The Morgan fingerprint density at radius 3 is 2.75 bits per heavy atom. The standard InChI is InChI=1S/C7H11N3OS/c1-9-7(11)10(5-3-4-5)6(8-9)12-2/h5H,3-4H2,1-2H3. The van der Waals surface area contributed by atoms with Gasteiger partial charge in [-0.05, 0) is 19.1 Å². The summed E-state index contributed by atoms with van der Waals surface area (Å²) in [6.45, 7) is 0. The number of hydrogen-bond acceptors (Lipinski definition) is 3. The summed E-state index contributed by atoms with van der Waals surface area (Å²) in [5.74, 6) is 0. The van der Waals surface area contributed by atoms with Gasteiger partial charge >= 0.3 is 5.69 Å². The molecule has 1 aromatic heterocycles. The van der Waals surface area contributed by atoms with Gasteiger partial charge in [0.25, 0.3) is 0 Å². The molecule has 5 heteroatoms. The van der Waals surface area contributed by atoms with Crippen LogP contribution >= 0.6 is 11.8 Å². The van der Waals surface area contributed by atoms with Crippen molar-refractivity contribution in [1.29, 1.82) is 0 Å². The van der Waals surface area contributed by atoms with E-state index < -0.39 is 0 Å². The zero-order valence-corrected chi connectivity index (χ0v) is 7.97. The summed E-state index contributed by atoms with van der Waals surface area (Å²) in [5.41, 5.74) is 0.0156. The zero-order valence-electron chi connectivity index (χ0n) is 7.15. The van der Waals surface area contributed by atoms with Crippen molar-refractivity contribution in [3.8, 4) is 0 Å². The highest BCUT2D eigenvalue weighted by molar-refractivity contribution is 7.98. The molecule has 0 N–H and O–H groups in total. The van der Waals surface area contributed by atoms with Crippen molar-refractivity contribution >= 4 is 11.8 Å². The molecule has 1 saturated carbocycles. The normalized spacial score (nSPS) is 16.8. The largest absolute Gasteiger partial charge is 0.346 e. The molecule has 0 atom stereocenters. The molecule has 1 aliphatic rings. The number of thioether (sulfide) groups is 1. The Hall–Kier alpha value is -0.710. The molecule has 1 fully saturated rings. The van der Waals surface area contributed by atoms with Crippen molar-refractivity contribution in [3.05, 3.63) is 10.5 Å².